The number of rotatable bonds is 4. The molecule has 2 atom stereocenters. The molecule has 0 saturated heterocycles. The zero-order valence-electron chi connectivity index (χ0n) is 15.2. The first kappa shape index (κ1) is 17.1. The molecule has 6 nitrogen and oxygen atoms in total. The van der Waals surface area contributed by atoms with E-state index in [2.05, 4.69) is 22.3 Å². The summed E-state index contributed by atoms with van der Waals surface area (Å²) in [6.45, 7) is 4.70. The van der Waals surface area contributed by atoms with Gasteiger partial charge in [-0.1, -0.05) is 30.8 Å². The molecule has 0 bridgehead atoms. The highest BCUT2D eigenvalue weighted by Crippen LogP contribution is 2.41. The number of Topliss-reactive ketones (excluding diaryl/α,β-unsaturated/α-hetero) is 1. The first-order chi connectivity index (χ1) is 12.6. The summed E-state index contributed by atoms with van der Waals surface area (Å²) in [4.78, 5) is 17.5. The summed E-state index contributed by atoms with van der Waals surface area (Å²) in [7, 11) is 0. The van der Waals surface area contributed by atoms with Crippen LogP contribution < -0.4 is 10.1 Å². The van der Waals surface area contributed by atoms with Crippen molar-refractivity contribution in [3.05, 3.63) is 41.1 Å². The molecule has 0 fully saturated rings. The van der Waals surface area contributed by atoms with E-state index in [0.717, 1.165) is 29.0 Å². The van der Waals surface area contributed by atoms with Crippen molar-refractivity contribution in [2.24, 2.45) is 5.92 Å². The van der Waals surface area contributed by atoms with Crippen LogP contribution in [-0.4, -0.2) is 33.4 Å². The Morgan fingerprint density at radius 3 is 2.77 bits per heavy atom. The first-order valence-corrected chi connectivity index (χ1v) is 10.1. The number of carbonyl (C=O) groups is 1. The molecule has 1 aromatic carbocycles. The van der Waals surface area contributed by atoms with Gasteiger partial charge >= 0.3 is 0 Å². The van der Waals surface area contributed by atoms with Crippen molar-refractivity contribution < 1.29 is 9.53 Å². The number of benzene rings is 1. The maximum Gasteiger partial charge on any atom is 0.227 e. The molecule has 1 aliphatic carbocycles. The van der Waals surface area contributed by atoms with Crippen molar-refractivity contribution in [2.75, 3.05) is 18.2 Å². The number of aromatic nitrogens is 3. The van der Waals surface area contributed by atoms with Crippen LogP contribution in [0.1, 0.15) is 38.3 Å². The summed E-state index contributed by atoms with van der Waals surface area (Å²) < 4.78 is 7.39. The summed E-state index contributed by atoms with van der Waals surface area (Å²) >= 11 is 1.50. The number of nitrogens with one attached hydrogen (secondary N) is 1. The maximum absolute atomic E-state index is 12.9. The minimum atomic E-state index is -0.245. The van der Waals surface area contributed by atoms with Crippen LogP contribution in [0.2, 0.25) is 0 Å². The molecule has 2 aromatic rings. The highest BCUT2D eigenvalue weighted by atomic mass is 32.2. The molecule has 26 heavy (non-hydrogen) atoms. The van der Waals surface area contributed by atoms with E-state index in [1.807, 2.05) is 42.1 Å². The maximum atomic E-state index is 12.9. The second kappa shape index (κ2) is 6.79. The molecule has 2 aliphatic rings. The Hall–Kier alpha value is -2.28. The number of ether oxygens (including phenoxy) is 1. The molecule has 0 spiro atoms. The summed E-state index contributed by atoms with van der Waals surface area (Å²) in [6, 6.07) is 7.68. The molecule has 136 valence electrons. The molecule has 2 unspecified atom stereocenters. The third-order valence-corrected chi connectivity index (χ3v) is 5.33. The van der Waals surface area contributed by atoms with Gasteiger partial charge in [-0.3, -0.25) is 4.79 Å². The van der Waals surface area contributed by atoms with Crippen molar-refractivity contribution >= 4 is 23.5 Å². The number of thioether (sulfide) groups is 1. The minimum Gasteiger partial charge on any atom is -0.494 e. The molecule has 1 N–H and O–H groups in total. The van der Waals surface area contributed by atoms with E-state index in [1.54, 1.807) is 0 Å². The van der Waals surface area contributed by atoms with Crippen LogP contribution in [0, 0.1) is 5.92 Å². The molecule has 0 amide bonds. The van der Waals surface area contributed by atoms with Gasteiger partial charge in [0.15, 0.2) is 5.78 Å². The SMILES string of the molecule is CCOc1ccc(C2C3=C(CC(C)CC3=O)Nc3nc(SC)nn32)cc1. The standard InChI is InChI=1S/C19H22N4O2S/c1-4-25-13-7-5-12(6-8-13)17-16-14(9-11(2)10-15(16)24)20-18-21-19(26-3)22-23(17)18/h5-8,11,17H,4,9-10H2,1-3H3,(H,20,21,22). The molecule has 0 saturated carbocycles. The minimum absolute atomic E-state index is 0.192. The Labute approximate surface area is 157 Å². The Balaban J connectivity index is 1.82. The Morgan fingerprint density at radius 2 is 2.08 bits per heavy atom. The van der Waals surface area contributed by atoms with Gasteiger partial charge in [0.2, 0.25) is 11.1 Å². The number of nitrogens with zero attached hydrogens (tertiary/aromatic N) is 3. The zero-order chi connectivity index (χ0) is 18.3. The van der Waals surface area contributed by atoms with E-state index in [1.165, 1.54) is 11.8 Å². The number of ketones is 1. The van der Waals surface area contributed by atoms with Gasteiger partial charge in [-0.15, -0.1) is 5.10 Å². The van der Waals surface area contributed by atoms with Crippen molar-refractivity contribution in [1.29, 1.82) is 0 Å². The molecular formula is C19H22N4O2S. The highest BCUT2D eigenvalue weighted by Gasteiger charge is 2.38. The average Bonchev–Trinajstić information content (AvgIpc) is 3.03. The van der Waals surface area contributed by atoms with E-state index < -0.39 is 0 Å². The predicted octanol–water partition coefficient (Wildman–Crippen LogP) is 3.67. The van der Waals surface area contributed by atoms with Crippen molar-refractivity contribution in [3.63, 3.8) is 0 Å². The lowest BCUT2D eigenvalue weighted by Crippen LogP contribution is -2.33. The van der Waals surface area contributed by atoms with Crippen molar-refractivity contribution in [2.45, 2.75) is 37.9 Å². The third kappa shape index (κ3) is 2.90. The van der Waals surface area contributed by atoms with Crippen molar-refractivity contribution in [1.82, 2.24) is 14.8 Å². The quantitative estimate of drug-likeness (QED) is 0.828. The van der Waals surface area contributed by atoms with Crippen LogP contribution in [0.3, 0.4) is 0 Å². The molecule has 4 rings (SSSR count). The fraction of sp³-hybridized carbons (Fsp3) is 0.421. The van der Waals surface area contributed by atoms with Gasteiger partial charge in [-0.25, -0.2) is 4.68 Å². The van der Waals surface area contributed by atoms with E-state index in [-0.39, 0.29) is 11.8 Å². The number of fused-ring (bicyclic) bond motifs is 1. The number of hydrogen-bond acceptors (Lipinski definition) is 6. The number of anilines is 1. The second-order valence-corrected chi connectivity index (χ2v) is 7.50. The van der Waals surface area contributed by atoms with Crippen LogP contribution in [0.4, 0.5) is 5.95 Å². The summed E-state index contributed by atoms with van der Waals surface area (Å²) in [6.07, 6.45) is 3.39. The van der Waals surface area contributed by atoms with Gasteiger partial charge in [0.05, 0.1) is 6.61 Å². The van der Waals surface area contributed by atoms with Crippen LogP contribution in [0.15, 0.2) is 40.7 Å². The molecular weight excluding hydrogens is 348 g/mol. The topological polar surface area (TPSA) is 69.0 Å². The number of hydrogen-bond donors (Lipinski definition) is 1. The third-order valence-electron chi connectivity index (χ3n) is 4.79. The van der Waals surface area contributed by atoms with E-state index in [9.17, 15) is 4.79 Å². The fourth-order valence-electron chi connectivity index (χ4n) is 3.69. The summed E-state index contributed by atoms with van der Waals surface area (Å²) in [5, 5.41) is 8.67. The molecule has 1 aromatic heterocycles. The van der Waals surface area contributed by atoms with E-state index in [0.29, 0.717) is 30.1 Å². The normalized spacial score (nSPS) is 21.9. The lowest BCUT2D eigenvalue weighted by atomic mass is 9.81. The van der Waals surface area contributed by atoms with E-state index in [4.69, 9.17) is 4.74 Å². The van der Waals surface area contributed by atoms with Gasteiger partial charge in [0.25, 0.3) is 0 Å². The highest BCUT2D eigenvalue weighted by molar-refractivity contribution is 7.98. The van der Waals surface area contributed by atoms with Crippen LogP contribution in [0.25, 0.3) is 0 Å². The molecule has 0 radical (unpaired) electrons. The zero-order valence-corrected chi connectivity index (χ0v) is 16.0. The number of carbonyl (C=O) groups excluding carboxylic acids is 1. The monoisotopic (exact) mass is 370 g/mol. The lowest BCUT2D eigenvalue weighted by Gasteiger charge is -2.34. The van der Waals surface area contributed by atoms with Gasteiger partial charge in [-0.05, 0) is 43.2 Å². The number of allylic oxidation sites excluding steroid dienone is 2. The average molecular weight is 370 g/mol. The fourth-order valence-corrected chi connectivity index (χ4v) is 4.04. The molecule has 1 aliphatic heterocycles. The Bertz CT molecular complexity index is 872. The molecule has 7 heteroatoms. The van der Waals surface area contributed by atoms with Gasteiger partial charge in [0.1, 0.15) is 11.8 Å². The van der Waals surface area contributed by atoms with Crippen molar-refractivity contribution in [3.8, 4) is 5.75 Å². The van der Waals surface area contributed by atoms with Gasteiger partial charge < -0.3 is 10.1 Å². The van der Waals surface area contributed by atoms with Crippen LogP contribution in [0.5, 0.6) is 5.75 Å². The largest absolute Gasteiger partial charge is 0.494 e. The smallest absolute Gasteiger partial charge is 0.227 e. The molecule has 2 heterocycles. The van der Waals surface area contributed by atoms with E-state index >= 15 is 0 Å². The second-order valence-electron chi connectivity index (χ2n) is 6.73. The summed E-state index contributed by atoms with van der Waals surface area (Å²) in [5.74, 6) is 2.06. The Morgan fingerprint density at radius 1 is 1.31 bits per heavy atom. The first-order valence-electron chi connectivity index (χ1n) is 8.87. The summed E-state index contributed by atoms with van der Waals surface area (Å²) in [5.41, 5.74) is 2.82. The van der Waals surface area contributed by atoms with Crippen LogP contribution in [-0.2, 0) is 4.79 Å². The van der Waals surface area contributed by atoms with Gasteiger partial charge in [0, 0.05) is 17.7 Å². The lowest BCUT2D eigenvalue weighted by molar-refractivity contribution is -0.117. The predicted molar refractivity (Wildman–Crippen MR) is 102 cm³/mol. The van der Waals surface area contributed by atoms with Crippen LogP contribution >= 0.6 is 11.8 Å². The Kier molecular flexibility index (Phi) is 4.48. The van der Waals surface area contributed by atoms with Gasteiger partial charge in [-0.2, -0.15) is 4.98 Å².